The van der Waals surface area contributed by atoms with Crippen LogP contribution in [-0.4, -0.2) is 27.7 Å². The van der Waals surface area contributed by atoms with Gasteiger partial charge in [0.1, 0.15) is 0 Å². The normalized spacial score (nSPS) is 11.8. The zero-order valence-corrected chi connectivity index (χ0v) is 17.1. The molecule has 144 valence electrons. The van der Waals surface area contributed by atoms with Gasteiger partial charge in [-0.05, 0) is 38.3 Å². The number of thioether (sulfide) groups is 1. The molecule has 0 radical (unpaired) electrons. The molecule has 1 N–H and O–H groups in total. The zero-order chi connectivity index (χ0) is 19.8. The molecule has 0 aliphatic carbocycles. The molecule has 0 spiro atoms. The van der Waals surface area contributed by atoms with E-state index in [4.69, 9.17) is 0 Å². The summed E-state index contributed by atoms with van der Waals surface area (Å²) in [6, 6.07) is 22.4. The zero-order valence-electron chi connectivity index (χ0n) is 16.3. The van der Waals surface area contributed by atoms with Gasteiger partial charge in [0.2, 0.25) is 5.91 Å². The molecule has 1 heterocycles. The Morgan fingerprint density at radius 1 is 1.04 bits per heavy atom. The molecule has 2 aromatic carbocycles. The number of nitrogens with one attached hydrogen (secondary N) is 1. The molecule has 1 amide bonds. The number of nitrogens with zero attached hydrogens (tertiary/aromatic N) is 2. The Morgan fingerprint density at radius 2 is 1.71 bits per heavy atom. The average molecular weight is 392 g/mol. The second-order valence-corrected chi connectivity index (χ2v) is 7.77. The number of carbonyl (C=O) groups is 1. The van der Waals surface area contributed by atoms with Crippen LogP contribution in [0, 0.1) is 6.92 Å². The van der Waals surface area contributed by atoms with Crippen LogP contribution in [0.1, 0.15) is 24.6 Å². The van der Waals surface area contributed by atoms with Gasteiger partial charge in [0.05, 0.1) is 11.4 Å². The minimum Gasteiger partial charge on any atom is -0.353 e. The first-order chi connectivity index (χ1) is 13.6. The monoisotopic (exact) mass is 391 g/mol. The van der Waals surface area contributed by atoms with Crippen LogP contribution in [0.5, 0.6) is 0 Å². The Kier molecular flexibility index (Phi) is 7.20. The number of hydrogen-bond donors (Lipinski definition) is 1. The van der Waals surface area contributed by atoms with E-state index in [1.54, 1.807) is 0 Å². The molecule has 0 saturated heterocycles. The largest absolute Gasteiger partial charge is 0.353 e. The smallest absolute Gasteiger partial charge is 0.230 e. The summed E-state index contributed by atoms with van der Waals surface area (Å²) in [5.74, 6) is 0.324. The fourth-order valence-electron chi connectivity index (χ4n) is 2.91. The maximum absolute atomic E-state index is 12.3. The number of rotatable bonds is 8. The predicted molar refractivity (Wildman–Crippen MR) is 115 cm³/mol. The topological polar surface area (TPSA) is 54.9 Å². The molecule has 0 aliphatic heterocycles. The minimum absolute atomic E-state index is 0.0110. The lowest BCUT2D eigenvalue weighted by molar-refractivity contribution is -0.119. The summed E-state index contributed by atoms with van der Waals surface area (Å²) in [4.78, 5) is 21.4. The molecular formula is C23H25N3OS. The first-order valence-electron chi connectivity index (χ1n) is 9.47. The van der Waals surface area contributed by atoms with Crippen molar-refractivity contribution in [3.05, 3.63) is 78.0 Å². The molecule has 4 nitrogen and oxygen atoms in total. The number of hydrogen-bond acceptors (Lipinski definition) is 4. The van der Waals surface area contributed by atoms with Crippen molar-refractivity contribution >= 4 is 17.7 Å². The second-order valence-electron chi connectivity index (χ2n) is 6.82. The average Bonchev–Trinajstić information content (AvgIpc) is 2.72. The standard InChI is InChI=1S/C23H25N3OS/c1-17(13-14-19-9-5-3-6-10-19)24-22(27)16-28-23-25-18(2)15-21(26-23)20-11-7-4-8-12-20/h3-12,15,17H,13-14,16H2,1-2H3,(H,24,27)/t17-/m0/s1. The lowest BCUT2D eigenvalue weighted by Crippen LogP contribution is -2.34. The molecule has 0 fully saturated rings. The van der Waals surface area contributed by atoms with Gasteiger partial charge in [-0.3, -0.25) is 4.79 Å². The van der Waals surface area contributed by atoms with Crippen LogP contribution < -0.4 is 5.32 Å². The van der Waals surface area contributed by atoms with Gasteiger partial charge in [0.25, 0.3) is 0 Å². The fourth-order valence-corrected chi connectivity index (χ4v) is 3.62. The number of benzene rings is 2. The van der Waals surface area contributed by atoms with Crippen LogP contribution in [0.4, 0.5) is 0 Å². The van der Waals surface area contributed by atoms with Gasteiger partial charge in [-0.15, -0.1) is 0 Å². The Balaban J connectivity index is 1.51. The van der Waals surface area contributed by atoms with Gasteiger partial charge in [-0.2, -0.15) is 0 Å². The third kappa shape index (κ3) is 6.20. The van der Waals surface area contributed by atoms with E-state index >= 15 is 0 Å². The molecule has 0 saturated carbocycles. The van der Waals surface area contributed by atoms with Crippen molar-refractivity contribution in [2.75, 3.05) is 5.75 Å². The summed E-state index contributed by atoms with van der Waals surface area (Å²) in [5.41, 5.74) is 4.12. The number of aromatic nitrogens is 2. The summed E-state index contributed by atoms with van der Waals surface area (Å²) in [6.07, 6.45) is 1.87. The summed E-state index contributed by atoms with van der Waals surface area (Å²) in [6.45, 7) is 3.99. The van der Waals surface area contributed by atoms with Gasteiger partial charge in [-0.1, -0.05) is 72.4 Å². The van der Waals surface area contributed by atoms with Crippen LogP contribution in [0.3, 0.4) is 0 Å². The highest BCUT2D eigenvalue weighted by atomic mass is 32.2. The summed E-state index contributed by atoms with van der Waals surface area (Å²) in [5, 5.41) is 3.70. The highest BCUT2D eigenvalue weighted by molar-refractivity contribution is 7.99. The molecule has 28 heavy (non-hydrogen) atoms. The lowest BCUT2D eigenvalue weighted by Gasteiger charge is -2.13. The van der Waals surface area contributed by atoms with Gasteiger partial charge in [0, 0.05) is 17.3 Å². The molecule has 0 unspecified atom stereocenters. The molecule has 3 rings (SSSR count). The molecule has 0 aliphatic rings. The highest BCUT2D eigenvalue weighted by Crippen LogP contribution is 2.21. The van der Waals surface area contributed by atoms with Crippen molar-refractivity contribution in [1.82, 2.24) is 15.3 Å². The molecule has 5 heteroatoms. The predicted octanol–water partition coefficient (Wildman–Crippen LogP) is 4.68. The van der Waals surface area contributed by atoms with Crippen molar-refractivity contribution < 1.29 is 4.79 Å². The molecular weight excluding hydrogens is 366 g/mol. The number of amides is 1. The molecule has 3 aromatic rings. The minimum atomic E-state index is 0.0110. The Hall–Kier alpha value is -2.66. The number of carbonyl (C=O) groups excluding carboxylic acids is 1. The van der Waals surface area contributed by atoms with E-state index in [0.29, 0.717) is 10.9 Å². The maximum atomic E-state index is 12.3. The molecule has 1 atom stereocenters. The number of aryl methyl sites for hydroxylation is 2. The van der Waals surface area contributed by atoms with Gasteiger partial charge >= 0.3 is 0 Å². The van der Waals surface area contributed by atoms with Crippen molar-refractivity contribution in [3.8, 4) is 11.3 Å². The Morgan fingerprint density at radius 3 is 2.43 bits per heavy atom. The molecule has 0 bridgehead atoms. The van der Waals surface area contributed by atoms with E-state index in [0.717, 1.165) is 29.8 Å². The van der Waals surface area contributed by atoms with E-state index in [1.807, 2.05) is 68.4 Å². The van der Waals surface area contributed by atoms with E-state index in [-0.39, 0.29) is 11.9 Å². The Bertz CT molecular complexity index is 900. The van der Waals surface area contributed by atoms with E-state index in [9.17, 15) is 4.79 Å². The van der Waals surface area contributed by atoms with Crippen LogP contribution in [-0.2, 0) is 11.2 Å². The van der Waals surface area contributed by atoms with E-state index < -0.39 is 0 Å². The van der Waals surface area contributed by atoms with Crippen LogP contribution >= 0.6 is 11.8 Å². The summed E-state index contributed by atoms with van der Waals surface area (Å²) in [7, 11) is 0. The van der Waals surface area contributed by atoms with Crippen molar-refractivity contribution in [1.29, 1.82) is 0 Å². The van der Waals surface area contributed by atoms with Crippen molar-refractivity contribution in [2.24, 2.45) is 0 Å². The van der Waals surface area contributed by atoms with Crippen LogP contribution in [0.25, 0.3) is 11.3 Å². The summed E-state index contributed by atoms with van der Waals surface area (Å²) < 4.78 is 0. The third-order valence-electron chi connectivity index (χ3n) is 4.35. The first kappa shape index (κ1) is 20.1. The maximum Gasteiger partial charge on any atom is 0.230 e. The van der Waals surface area contributed by atoms with Crippen molar-refractivity contribution in [3.63, 3.8) is 0 Å². The van der Waals surface area contributed by atoms with Gasteiger partial charge in [0.15, 0.2) is 5.16 Å². The van der Waals surface area contributed by atoms with E-state index in [2.05, 4.69) is 27.4 Å². The SMILES string of the molecule is Cc1cc(-c2ccccc2)nc(SCC(=O)N[C@@H](C)CCc2ccccc2)n1. The van der Waals surface area contributed by atoms with Gasteiger partial charge in [-0.25, -0.2) is 9.97 Å². The summed E-state index contributed by atoms with van der Waals surface area (Å²) >= 11 is 1.37. The second kappa shape index (κ2) is 10.0. The van der Waals surface area contributed by atoms with Gasteiger partial charge < -0.3 is 5.32 Å². The third-order valence-corrected chi connectivity index (χ3v) is 5.20. The van der Waals surface area contributed by atoms with Crippen LogP contribution in [0.15, 0.2) is 71.9 Å². The lowest BCUT2D eigenvalue weighted by atomic mass is 10.1. The Labute approximate surface area is 170 Å². The quantitative estimate of drug-likeness (QED) is 0.447. The van der Waals surface area contributed by atoms with Crippen molar-refractivity contribution in [2.45, 2.75) is 37.9 Å². The fraction of sp³-hybridized carbons (Fsp3) is 0.261. The first-order valence-corrected chi connectivity index (χ1v) is 10.5. The van der Waals surface area contributed by atoms with E-state index in [1.165, 1.54) is 17.3 Å². The highest BCUT2D eigenvalue weighted by Gasteiger charge is 2.11. The van der Waals surface area contributed by atoms with Crippen LogP contribution in [0.2, 0.25) is 0 Å². The molecule has 1 aromatic heterocycles.